The van der Waals surface area contributed by atoms with Gasteiger partial charge in [0.1, 0.15) is 0 Å². The van der Waals surface area contributed by atoms with E-state index in [0.29, 0.717) is 0 Å². The normalized spacial score (nSPS) is 11.0. The van der Waals surface area contributed by atoms with Crippen molar-refractivity contribution >= 4 is 5.65 Å². The van der Waals surface area contributed by atoms with Gasteiger partial charge in [0.25, 0.3) is 0 Å². The van der Waals surface area contributed by atoms with Gasteiger partial charge in [0.15, 0.2) is 5.65 Å². The Hall–Kier alpha value is -1.42. The third kappa shape index (κ3) is 1.61. The lowest BCUT2D eigenvalue weighted by atomic mass is 10.1. The quantitative estimate of drug-likeness (QED) is 0.783. The minimum Gasteiger partial charge on any atom is -0.330 e. The van der Waals surface area contributed by atoms with Crippen LogP contribution in [0, 0.1) is 6.92 Å². The summed E-state index contributed by atoms with van der Waals surface area (Å²) in [6.07, 6.45) is 5.77. The zero-order valence-corrected chi connectivity index (χ0v) is 8.27. The molecule has 2 aromatic rings. The molecule has 4 heteroatoms. The van der Waals surface area contributed by atoms with Crippen LogP contribution in [0.3, 0.4) is 0 Å². The summed E-state index contributed by atoms with van der Waals surface area (Å²) in [7, 11) is 0. The Kier molecular flexibility index (Phi) is 2.45. The number of fused-ring (bicyclic) bond motifs is 1. The Morgan fingerprint density at radius 3 is 3.14 bits per heavy atom. The van der Waals surface area contributed by atoms with Crippen molar-refractivity contribution in [3.8, 4) is 0 Å². The predicted octanol–water partition coefficient (Wildman–Crippen LogP) is 0.929. The molecule has 0 atom stereocenters. The molecule has 0 amide bonds. The van der Waals surface area contributed by atoms with Crippen LogP contribution in [-0.2, 0) is 6.42 Å². The van der Waals surface area contributed by atoms with Crippen molar-refractivity contribution in [2.24, 2.45) is 5.73 Å². The summed E-state index contributed by atoms with van der Waals surface area (Å²) in [5.41, 5.74) is 8.68. The van der Waals surface area contributed by atoms with E-state index < -0.39 is 0 Å². The van der Waals surface area contributed by atoms with E-state index in [1.54, 1.807) is 10.7 Å². The molecule has 0 spiro atoms. The van der Waals surface area contributed by atoms with Gasteiger partial charge < -0.3 is 5.73 Å². The van der Waals surface area contributed by atoms with Gasteiger partial charge >= 0.3 is 0 Å². The van der Waals surface area contributed by atoms with Crippen LogP contribution in [0.2, 0.25) is 0 Å². The van der Waals surface area contributed by atoms with Crippen LogP contribution >= 0.6 is 0 Å². The number of hydrogen-bond donors (Lipinski definition) is 1. The number of aromatic nitrogens is 3. The van der Waals surface area contributed by atoms with Gasteiger partial charge in [0.2, 0.25) is 0 Å². The zero-order valence-electron chi connectivity index (χ0n) is 8.27. The van der Waals surface area contributed by atoms with E-state index in [2.05, 4.69) is 10.1 Å². The van der Waals surface area contributed by atoms with Crippen molar-refractivity contribution in [2.45, 2.75) is 19.8 Å². The Bertz CT molecular complexity index is 433. The smallest absolute Gasteiger partial charge is 0.155 e. The Morgan fingerprint density at radius 2 is 2.36 bits per heavy atom. The Morgan fingerprint density at radius 1 is 1.50 bits per heavy atom. The fraction of sp³-hybridized carbons (Fsp3) is 0.400. The van der Waals surface area contributed by atoms with Crippen molar-refractivity contribution in [1.82, 2.24) is 14.6 Å². The van der Waals surface area contributed by atoms with Crippen LogP contribution in [0.5, 0.6) is 0 Å². The highest BCUT2D eigenvalue weighted by Gasteiger charge is 2.02. The molecular formula is C10H14N4. The lowest BCUT2D eigenvalue weighted by Crippen LogP contribution is -2.04. The molecule has 0 saturated carbocycles. The first kappa shape index (κ1) is 9.15. The van der Waals surface area contributed by atoms with Crippen LogP contribution in [0.1, 0.15) is 17.7 Å². The average Bonchev–Trinajstić information content (AvgIpc) is 2.61. The maximum Gasteiger partial charge on any atom is 0.155 e. The van der Waals surface area contributed by atoms with Gasteiger partial charge in [0, 0.05) is 18.0 Å². The standard InChI is InChI=1S/C10H14N4/c1-8-9(3-2-5-11)7-14-10(13-8)4-6-12-14/h4,6-7H,2-3,5,11H2,1H3. The molecule has 2 aromatic heterocycles. The third-order valence-electron chi connectivity index (χ3n) is 2.32. The molecule has 0 fully saturated rings. The van der Waals surface area contributed by atoms with Crippen molar-refractivity contribution in [3.05, 3.63) is 29.7 Å². The van der Waals surface area contributed by atoms with Crippen molar-refractivity contribution in [1.29, 1.82) is 0 Å². The maximum absolute atomic E-state index is 5.48. The lowest BCUT2D eigenvalue weighted by Gasteiger charge is -2.04. The van der Waals surface area contributed by atoms with Crippen LogP contribution in [-0.4, -0.2) is 21.1 Å². The number of aryl methyl sites for hydroxylation is 2. The summed E-state index contributed by atoms with van der Waals surface area (Å²) in [5.74, 6) is 0. The van der Waals surface area contributed by atoms with Crippen LogP contribution in [0.25, 0.3) is 5.65 Å². The summed E-state index contributed by atoms with van der Waals surface area (Å²) < 4.78 is 1.80. The molecule has 0 aromatic carbocycles. The first-order valence-electron chi connectivity index (χ1n) is 4.81. The van der Waals surface area contributed by atoms with Gasteiger partial charge in [-0.15, -0.1) is 0 Å². The third-order valence-corrected chi connectivity index (χ3v) is 2.32. The highest BCUT2D eigenvalue weighted by Crippen LogP contribution is 2.09. The van der Waals surface area contributed by atoms with E-state index in [1.165, 1.54) is 5.56 Å². The second kappa shape index (κ2) is 3.75. The van der Waals surface area contributed by atoms with Crippen molar-refractivity contribution in [3.63, 3.8) is 0 Å². The summed E-state index contributed by atoms with van der Waals surface area (Å²) in [6, 6.07) is 1.90. The van der Waals surface area contributed by atoms with E-state index in [0.717, 1.165) is 30.7 Å². The first-order valence-corrected chi connectivity index (χ1v) is 4.81. The topological polar surface area (TPSA) is 56.2 Å². The summed E-state index contributed by atoms with van der Waals surface area (Å²) in [4.78, 5) is 4.45. The lowest BCUT2D eigenvalue weighted by molar-refractivity contribution is 0.801. The monoisotopic (exact) mass is 190 g/mol. The molecule has 14 heavy (non-hydrogen) atoms. The number of nitrogens with two attached hydrogens (primary N) is 1. The number of hydrogen-bond acceptors (Lipinski definition) is 3. The highest BCUT2D eigenvalue weighted by molar-refractivity contribution is 5.38. The molecule has 0 aliphatic carbocycles. The molecule has 0 aliphatic rings. The predicted molar refractivity (Wildman–Crippen MR) is 55.1 cm³/mol. The molecule has 0 unspecified atom stereocenters. The second-order valence-electron chi connectivity index (χ2n) is 3.38. The molecule has 74 valence electrons. The summed E-state index contributed by atoms with van der Waals surface area (Å²) in [5, 5.41) is 4.15. The van der Waals surface area contributed by atoms with E-state index in [1.807, 2.05) is 19.2 Å². The minimum absolute atomic E-state index is 0.719. The van der Waals surface area contributed by atoms with Crippen molar-refractivity contribution in [2.75, 3.05) is 6.54 Å². The van der Waals surface area contributed by atoms with Gasteiger partial charge in [-0.2, -0.15) is 5.10 Å². The Balaban J connectivity index is 2.38. The van der Waals surface area contributed by atoms with E-state index in [-0.39, 0.29) is 0 Å². The number of nitrogens with zero attached hydrogens (tertiary/aromatic N) is 3. The van der Waals surface area contributed by atoms with Gasteiger partial charge in [-0.25, -0.2) is 9.50 Å². The van der Waals surface area contributed by atoms with Crippen molar-refractivity contribution < 1.29 is 0 Å². The molecule has 4 nitrogen and oxygen atoms in total. The van der Waals surface area contributed by atoms with Crippen LogP contribution in [0.4, 0.5) is 0 Å². The largest absolute Gasteiger partial charge is 0.330 e. The molecule has 2 rings (SSSR count). The molecule has 0 aliphatic heterocycles. The van der Waals surface area contributed by atoms with E-state index in [9.17, 15) is 0 Å². The van der Waals surface area contributed by atoms with Crippen LogP contribution in [0.15, 0.2) is 18.5 Å². The average molecular weight is 190 g/mol. The SMILES string of the molecule is Cc1nc2ccnn2cc1CCCN. The maximum atomic E-state index is 5.48. The molecule has 0 saturated heterocycles. The Labute approximate surface area is 82.8 Å². The molecular weight excluding hydrogens is 176 g/mol. The first-order chi connectivity index (χ1) is 6.81. The molecule has 0 bridgehead atoms. The molecule has 2 heterocycles. The fourth-order valence-electron chi connectivity index (χ4n) is 1.52. The van der Waals surface area contributed by atoms with Gasteiger partial charge in [0.05, 0.1) is 6.20 Å². The molecule has 0 radical (unpaired) electrons. The van der Waals surface area contributed by atoms with Crippen LogP contribution < -0.4 is 5.73 Å². The fourth-order valence-corrected chi connectivity index (χ4v) is 1.52. The molecule has 2 N–H and O–H groups in total. The summed E-state index contributed by atoms with van der Waals surface area (Å²) in [6.45, 7) is 2.75. The van der Waals surface area contributed by atoms with E-state index in [4.69, 9.17) is 5.73 Å². The number of rotatable bonds is 3. The minimum atomic E-state index is 0.719. The summed E-state index contributed by atoms with van der Waals surface area (Å²) >= 11 is 0. The van der Waals surface area contributed by atoms with Gasteiger partial charge in [-0.3, -0.25) is 0 Å². The van der Waals surface area contributed by atoms with Gasteiger partial charge in [-0.1, -0.05) is 0 Å². The highest BCUT2D eigenvalue weighted by atomic mass is 15.2. The van der Waals surface area contributed by atoms with E-state index >= 15 is 0 Å². The van der Waals surface area contributed by atoms with Gasteiger partial charge in [-0.05, 0) is 31.9 Å². The zero-order chi connectivity index (χ0) is 9.97. The second-order valence-corrected chi connectivity index (χ2v) is 3.38.